The lowest BCUT2D eigenvalue weighted by molar-refractivity contribution is 0.0998. The van der Waals surface area contributed by atoms with E-state index in [0.717, 1.165) is 21.3 Å². The van der Waals surface area contributed by atoms with Gasteiger partial charge in [-0.05, 0) is 73.5 Å². The van der Waals surface area contributed by atoms with Crippen molar-refractivity contribution in [1.82, 2.24) is 4.57 Å². The highest BCUT2D eigenvalue weighted by atomic mass is 35.5. The van der Waals surface area contributed by atoms with Crippen LogP contribution in [0.3, 0.4) is 0 Å². The number of carbonyl (C=O) groups excluding carboxylic acids is 1. The molecule has 0 unspecified atom stereocenters. The molecule has 0 saturated carbocycles. The van der Waals surface area contributed by atoms with Gasteiger partial charge < -0.3 is 9.30 Å². The van der Waals surface area contributed by atoms with Gasteiger partial charge in [0, 0.05) is 18.7 Å². The average Bonchev–Trinajstić information content (AvgIpc) is 3.13. The molecule has 0 aliphatic rings. The number of aryl methyl sites for hydroxylation is 2. The van der Waals surface area contributed by atoms with Crippen LogP contribution in [0, 0.1) is 13.8 Å². The first kappa shape index (κ1) is 25.1. The van der Waals surface area contributed by atoms with Crippen LogP contribution in [-0.4, -0.2) is 32.6 Å². The maximum atomic E-state index is 13.3. The van der Waals surface area contributed by atoms with Crippen molar-refractivity contribution < 1.29 is 17.9 Å². The van der Waals surface area contributed by atoms with Crippen molar-refractivity contribution in [2.45, 2.75) is 25.3 Å². The minimum absolute atomic E-state index is 0.0359. The molecule has 1 amide bonds. The van der Waals surface area contributed by atoms with Crippen molar-refractivity contribution >= 4 is 54.8 Å². The first-order valence-corrected chi connectivity index (χ1v) is 13.4. The van der Waals surface area contributed by atoms with Crippen LogP contribution in [0.2, 0.25) is 5.02 Å². The van der Waals surface area contributed by atoms with E-state index in [2.05, 4.69) is 21.8 Å². The number of rotatable bonds is 7. The Kier molecular flexibility index (Phi) is 7.42. The van der Waals surface area contributed by atoms with Gasteiger partial charge in [0.1, 0.15) is 0 Å². The predicted molar refractivity (Wildman–Crippen MR) is 140 cm³/mol. The Morgan fingerprint density at radius 2 is 1.77 bits per heavy atom. The van der Waals surface area contributed by atoms with Crippen molar-refractivity contribution in [3.8, 4) is 0 Å². The van der Waals surface area contributed by atoms with Crippen molar-refractivity contribution in [1.29, 1.82) is 0 Å². The van der Waals surface area contributed by atoms with E-state index in [-0.39, 0.29) is 16.1 Å². The van der Waals surface area contributed by atoms with Crippen LogP contribution >= 0.6 is 22.9 Å². The molecule has 4 aromatic rings. The number of nitrogens with one attached hydrogen (secondary N) is 1. The second-order valence-corrected chi connectivity index (χ2v) is 11.1. The van der Waals surface area contributed by atoms with Gasteiger partial charge in [-0.25, -0.2) is 8.42 Å². The summed E-state index contributed by atoms with van der Waals surface area (Å²) in [4.78, 5) is 18.2. The van der Waals surface area contributed by atoms with Gasteiger partial charge in [-0.2, -0.15) is 4.99 Å². The summed E-state index contributed by atoms with van der Waals surface area (Å²) in [7, 11) is -2.31. The number of halogens is 1. The Morgan fingerprint density at radius 1 is 1.09 bits per heavy atom. The summed E-state index contributed by atoms with van der Waals surface area (Å²) in [6.45, 7) is 5.06. The van der Waals surface area contributed by atoms with E-state index in [9.17, 15) is 13.2 Å². The molecule has 1 N–H and O–H groups in total. The van der Waals surface area contributed by atoms with Gasteiger partial charge in [0.05, 0.1) is 33.0 Å². The summed E-state index contributed by atoms with van der Waals surface area (Å²) >= 11 is 7.28. The Morgan fingerprint density at radius 3 is 2.49 bits per heavy atom. The van der Waals surface area contributed by atoms with Gasteiger partial charge in [-0.15, -0.1) is 0 Å². The number of aromatic nitrogens is 1. The number of ether oxygens (including phenoxy) is 1. The molecule has 4 rings (SSSR count). The number of nitrogens with zero attached hydrogens (tertiary/aromatic N) is 2. The minimum atomic E-state index is -3.93. The number of para-hydroxylation sites is 1. The molecule has 0 radical (unpaired) electrons. The molecule has 1 heterocycles. The van der Waals surface area contributed by atoms with Gasteiger partial charge in [-0.1, -0.05) is 35.1 Å². The SMILES string of the molecule is COCCn1c(=NC(=O)c2ccccc2NS(=O)(=O)c2ccc(Cl)cc2)sc2cc(C)c(C)cc21. The summed E-state index contributed by atoms with van der Waals surface area (Å²) < 4.78 is 36.5. The van der Waals surface area contributed by atoms with E-state index in [1.165, 1.54) is 41.7 Å². The predicted octanol–water partition coefficient (Wildman–Crippen LogP) is 5.16. The molecular weight excluding hydrogens is 506 g/mol. The van der Waals surface area contributed by atoms with Crippen LogP contribution < -0.4 is 9.52 Å². The summed E-state index contributed by atoms with van der Waals surface area (Å²) in [6, 6.07) is 16.3. The number of carbonyl (C=O) groups is 1. The maximum absolute atomic E-state index is 13.3. The Hall–Kier alpha value is -2.98. The monoisotopic (exact) mass is 529 g/mol. The first-order chi connectivity index (χ1) is 16.7. The normalized spacial score (nSPS) is 12.3. The third-order valence-corrected chi connectivity index (χ3v) is 8.21. The molecule has 3 aromatic carbocycles. The highest BCUT2D eigenvalue weighted by Crippen LogP contribution is 2.24. The zero-order valence-electron chi connectivity index (χ0n) is 19.4. The number of hydrogen-bond acceptors (Lipinski definition) is 5. The van der Waals surface area contributed by atoms with Crippen LogP contribution in [0.4, 0.5) is 5.69 Å². The molecule has 0 spiro atoms. The molecular formula is C25H24ClN3O4S2. The van der Waals surface area contributed by atoms with E-state index in [1.807, 2.05) is 18.4 Å². The summed E-state index contributed by atoms with van der Waals surface area (Å²) in [5.41, 5.74) is 3.55. The van der Waals surface area contributed by atoms with Gasteiger partial charge in [0.2, 0.25) is 0 Å². The maximum Gasteiger partial charge on any atom is 0.281 e. The zero-order chi connectivity index (χ0) is 25.2. The third-order valence-electron chi connectivity index (χ3n) is 5.54. The molecule has 182 valence electrons. The van der Waals surface area contributed by atoms with E-state index in [4.69, 9.17) is 16.3 Å². The lowest BCUT2D eigenvalue weighted by Crippen LogP contribution is -2.20. The van der Waals surface area contributed by atoms with Crippen LogP contribution in [0.1, 0.15) is 21.5 Å². The van der Waals surface area contributed by atoms with E-state index >= 15 is 0 Å². The van der Waals surface area contributed by atoms with Gasteiger partial charge in [0.25, 0.3) is 15.9 Å². The van der Waals surface area contributed by atoms with Crippen molar-refractivity contribution in [3.05, 3.63) is 87.2 Å². The second kappa shape index (κ2) is 10.3. The first-order valence-electron chi connectivity index (χ1n) is 10.8. The molecule has 7 nitrogen and oxygen atoms in total. The van der Waals surface area contributed by atoms with E-state index in [1.54, 1.807) is 25.3 Å². The molecule has 1 aromatic heterocycles. The number of anilines is 1. The lowest BCUT2D eigenvalue weighted by Gasteiger charge is -2.11. The number of thiazole rings is 1. The van der Waals surface area contributed by atoms with Gasteiger partial charge in [-0.3, -0.25) is 9.52 Å². The van der Waals surface area contributed by atoms with Gasteiger partial charge >= 0.3 is 0 Å². The standard InChI is InChI=1S/C25H24ClN3O4S2/c1-16-14-22-23(15-17(16)2)34-25(29(22)12-13-33-3)27-24(30)20-6-4-5-7-21(20)28-35(31,32)19-10-8-18(26)9-11-19/h4-11,14-15,28H,12-13H2,1-3H3. The number of hydrogen-bond donors (Lipinski definition) is 1. The van der Waals surface area contributed by atoms with Gasteiger partial charge in [0.15, 0.2) is 4.80 Å². The van der Waals surface area contributed by atoms with Crippen LogP contribution in [0.15, 0.2) is 70.6 Å². The lowest BCUT2D eigenvalue weighted by atomic mass is 10.1. The fraction of sp³-hybridized carbons (Fsp3) is 0.200. The molecule has 10 heteroatoms. The Bertz CT molecular complexity index is 1570. The Balaban J connectivity index is 1.76. The number of benzene rings is 3. The molecule has 0 aliphatic heterocycles. The molecule has 0 bridgehead atoms. The zero-order valence-corrected chi connectivity index (χ0v) is 21.8. The average molecular weight is 530 g/mol. The largest absolute Gasteiger partial charge is 0.383 e. The van der Waals surface area contributed by atoms with E-state index < -0.39 is 15.9 Å². The van der Waals surface area contributed by atoms with Crippen molar-refractivity contribution in [2.75, 3.05) is 18.4 Å². The van der Waals surface area contributed by atoms with Crippen molar-refractivity contribution in [3.63, 3.8) is 0 Å². The summed E-state index contributed by atoms with van der Waals surface area (Å²) in [6.07, 6.45) is 0. The van der Waals surface area contributed by atoms with Crippen LogP contribution in [0.25, 0.3) is 10.2 Å². The van der Waals surface area contributed by atoms with Crippen LogP contribution in [0.5, 0.6) is 0 Å². The highest BCUT2D eigenvalue weighted by molar-refractivity contribution is 7.92. The molecule has 0 fully saturated rings. The smallest absolute Gasteiger partial charge is 0.281 e. The number of amides is 1. The minimum Gasteiger partial charge on any atom is -0.383 e. The van der Waals surface area contributed by atoms with Crippen molar-refractivity contribution in [2.24, 2.45) is 4.99 Å². The summed E-state index contributed by atoms with van der Waals surface area (Å²) in [5, 5.41) is 0.425. The fourth-order valence-corrected chi connectivity index (χ4v) is 5.87. The highest BCUT2D eigenvalue weighted by Gasteiger charge is 2.19. The number of fused-ring (bicyclic) bond motifs is 1. The molecule has 0 saturated heterocycles. The molecule has 0 atom stereocenters. The number of sulfonamides is 1. The molecule has 0 aliphatic carbocycles. The third kappa shape index (κ3) is 5.48. The topological polar surface area (TPSA) is 89.8 Å². The van der Waals surface area contributed by atoms with E-state index in [0.29, 0.717) is 23.0 Å². The number of methoxy groups -OCH3 is 1. The van der Waals surface area contributed by atoms with Crippen LogP contribution in [-0.2, 0) is 21.3 Å². The Labute approximate surface area is 212 Å². The second-order valence-electron chi connectivity index (χ2n) is 7.96. The molecule has 35 heavy (non-hydrogen) atoms. The quantitative estimate of drug-likeness (QED) is 0.358. The fourth-order valence-electron chi connectivity index (χ4n) is 3.53. The summed E-state index contributed by atoms with van der Waals surface area (Å²) in [5.74, 6) is -0.550.